The van der Waals surface area contributed by atoms with Crippen LogP contribution >= 0.6 is 0 Å². The van der Waals surface area contributed by atoms with Crippen molar-refractivity contribution in [2.45, 2.75) is 19.1 Å². The number of hydrogen-bond acceptors (Lipinski definition) is 5. The summed E-state index contributed by atoms with van der Waals surface area (Å²) >= 11 is 0. The molecule has 0 saturated carbocycles. The van der Waals surface area contributed by atoms with Crippen molar-refractivity contribution in [2.24, 2.45) is 0 Å². The lowest BCUT2D eigenvalue weighted by Crippen LogP contribution is -2.20. The molecule has 3 aromatic rings. The molecule has 1 saturated heterocycles. The second-order valence-corrected chi connectivity index (χ2v) is 6.26. The van der Waals surface area contributed by atoms with Crippen molar-refractivity contribution in [2.75, 3.05) is 13.7 Å². The molecule has 0 N–H and O–H groups in total. The fourth-order valence-electron chi connectivity index (χ4n) is 3.06. The van der Waals surface area contributed by atoms with E-state index in [4.69, 9.17) is 14.2 Å². The van der Waals surface area contributed by atoms with Crippen LogP contribution in [0.4, 0.5) is 0 Å². The number of benzene rings is 2. The van der Waals surface area contributed by atoms with Crippen LogP contribution in [0.3, 0.4) is 0 Å². The zero-order valence-electron chi connectivity index (χ0n) is 15.0. The van der Waals surface area contributed by atoms with Crippen molar-refractivity contribution in [1.29, 1.82) is 0 Å². The highest BCUT2D eigenvalue weighted by Crippen LogP contribution is 2.34. The van der Waals surface area contributed by atoms with Crippen LogP contribution in [0.25, 0.3) is 16.8 Å². The zero-order chi connectivity index (χ0) is 18.6. The Bertz CT molecular complexity index is 979. The Hall–Kier alpha value is -3.12. The van der Waals surface area contributed by atoms with Crippen LogP contribution in [0.15, 0.2) is 65.6 Å². The molecule has 0 amide bonds. The molecule has 138 valence electrons. The Kier molecular flexibility index (Phi) is 4.89. The van der Waals surface area contributed by atoms with E-state index in [9.17, 15) is 4.79 Å². The van der Waals surface area contributed by atoms with Gasteiger partial charge in [0.05, 0.1) is 25.6 Å². The SMILES string of the molecule is COc1ccc(-c2cnn(-c3ccccc3)c(=O)c2)cc1OC1CCCO1. The number of para-hydroxylation sites is 1. The fraction of sp³-hybridized carbons (Fsp3) is 0.238. The summed E-state index contributed by atoms with van der Waals surface area (Å²) in [5.74, 6) is 1.22. The van der Waals surface area contributed by atoms with Crippen LogP contribution in [0.2, 0.25) is 0 Å². The second-order valence-electron chi connectivity index (χ2n) is 6.26. The lowest BCUT2D eigenvalue weighted by Gasteiger charge is -2.16. The van der Waals surface area contributed by atoms with Gasteiger partial charge in [0.15, 0.2) is 17.8 Å². The van der Waals surface area contributed by atoms with Crippen LogP contribution < -0.4 is 15.0 Å². The molecule has 1 fully saturated rings. The topological polar surface area (TPSA) is 62.6 Å². The molecule has 4 rings (SSSR count). The minimum atomic E-state index is -0.265. The second kappa shape index (κ2) is 7.63. The smallest absolute Gasteiger partial charge is 0.272 e. The van der Waals surface area contributed by atoms with E-state index in [1.54, 1.807) is 19.4 Å². The van der Waals surface area contributed by atoms with Gasteiger partial charge in [-0.05, 0) is 36.2 Å². The van der Waals surface area contributed by atoms with Gasteiger partial charge < -0.3 is 14.2 Å². The number of nitrogens with zero attached hydrogens (tertiary/aromatic N) is 2. The standard InChI is InChI=1S/C21H20N2O4/c1-25-18-10-9-15(12-19(18)27-21-8-5-11-26-21)16-13-20(24)23(22-14-16)17-6-3-2-4-7-17/h2-4,6-7,9-10,12-14,21H,5,8,11H2,1H3. The number of hydrogen-bond donors (Lipinski definition) is 0. The lowest BCUT2D eigenvalue weighted by molar-refractivity contribution is -0.0402. The van der Waals surface area contributed by atoms with E-state index in [0.717, 1.165) is 24.1 Å². The maximum atomic E-state index is 12.5. The largest absolute Gasteiger partial charge is 0.493 e. The first-order valence-electron chi connectivity index (χ1n) is 8.86. The summed E-state index contributed by atoms with van der Waals surface area (Å²) in [7, 11) is 1.60. The summed E-state index contributed by atoms with van der Waals surface area (Å²) in [5.41, 5.74) is 2.07. The van der Waals surface area contributed by atoms with E-state index in [-0.39, 0.29) is 11.8 Å². The Morgan fingerprint density at radius 1 is 1.07 bits per heavy atom. The third kappa shape index (κ3) is 3.71. The van der Waals surface area contributed by atoms with Crippen molar-refractivity contribution in [3.8, 4) is 28.3 Å². The van der Waals surface area contributed by atoms with Gasteiger partial charge in [0.25, 0.3) is 5.56 Å². The monoisotopic (exact) mass is 364 g/mol. The van der Waals surface area contributed by atoms with Gasteiger partial charge in [0, 0.05) is 18.1 Å². The summed E-state index contributed by atoms with van der Waals surface area (Å²) in [6.07, 6.45) is 3.24. The van der Waals surface area contributed by atoms with Crippen LogP contribution in [-0.2, 0) is 4.74 Å². The molecule has 1 aliphatic heterocycles. The van der Waals surface area contributed by atoms with Crippen molar-refractivity contribution in [3.05, 3.63) is 71.1 Å². The molecule has 0 spiro atoms. The van der Waals surface area contributed by atoms with Crippen molar-refractivity contribution < 1.29 is 14.2 Å². The Morgan fingerprint density at radius 2 is 1.93 bits per heavy atom. The summed E-state index contributed by atoms with van der Waals surface area (Å²) in [5, 5.41) is 4.31. The minimum Gasteiger partial charge on any atom is -0.493 e. The maximum Gasteiger partial charge on any atom is 0.272 e. The lowest BCUT2D eigenvalue weighted by atomic mass is 10.1. The minimum absolute atomic E-state index is 0.198. The third-order valence-electron chi connectivity index (χ3n) is 4.44. The highest BCUT2D eigenvalue weighted by atomic mass is 16.7. The molecule has 6 nitrogen and oxygen atoms in total. The maximum absolute atomic E-state index is 12.5. The number of methoxy groups -OCH3 is 1. The Labute approximate surface area is 156 Å². The van der Waals surface area contributed by atoms with Crippen molar-refractivity contribution in [3.63, 3.8) is 0 Å². The van der Waals surface area contributed by atoms with Gasteiger partial charge in [-0.2, -0.15) is 9.78 Å². The molecule has 1 atom stereocenters. The fourth-order valence-corrected chi connectivity index (χ4v) is 3.06. The molecule has 2 aromatic carbocycles. The highest BCUT2D eigenvalue weighted by Gasteiger charge is 2.19. The average molecular weight is 364 g/mol. The molecule has 0 bridgehead atoms. The third-order valence-corrected chi connectivity index (χ3v) is 4.44. The van der Waals surface area contributed by atoms with E-state index >= 15 is 0 Å². The molecule has 27 heavy (non-hydrogen) atoms. The van der Waals surface area contributed by atoms with E-state index < -0.39 is 0 Å². The molecule has 1 aromatic heterocycles. The summed E-state index contributed by atoms with van der Waals surface area (Å²) in [6, 6.07) is 16.4. The number of ether oxygens (including phenoxy) is 3. The first-order valence-corrected chi connectivity index (χ1v) is 8.86. The van der Waals surface area contributed by atoms with Crippen LogP contribution in [0.5, 0.6) is 11.5 Å². The van der Waals surface area contributed by atoms with Crippen LogP contribution in [0.1, 0.15) is 12.8 Å². The van der Waals surface area contributed by atoms with Gasteiger partial charge in [0.1, 0.15) is 0 Å². The zero-order valence-corrected chi connectivity index (χ0v) is 15.0. The predicted octanol–water partition coefficient (Wildman–Crippen LogP) is 3.42. The first kappa shape index (κ1) is 17.3. The van der Waals surface area contributed by atoms with Gasteiger partial charge in [0.2, 0.25) is 0 Å². The molecular weight excluding hydrogens is 344 g/mol. The van der Waals surface area contributed by atoms with E-state index in [0.29, 0.717) is 23.7 Å². The number of rotatable bonds is 5. The number of aromatic nitrogens is 2. The van der Waals surface area contributed by atoms with Crippen LogP contribution in [-0.4, -0.2) is 29.8 Å². The van der Waals surface area contributed by atoms with E-state index in [2.05, 4.69) is 5.10 Å². The summed E-state index contributed by atoms with van der Waals surface area (Å²) < 4.78 is 18.2. The molecule has 0 radical (unpaired) electrons. The molecule has 0 aliphatic carbocycles. The average Bonchev–Trinajstić information content (AvgIpc) is 3.21. The quantitative estimate of drug-likeness (QED) is 0.694. The highest BCUT2D eigenvalue weighted by molar-refractivity contribution is 5.66. The van der Waals surface area contributed by atoms with E-state index in [1.165, 1.54) is 4.68 Å². The Balaban J connectivity index is 1.66. The van der Waals surface area contributed by atoms with Crippen molar-refractivity contribution >= 4 is 0 Å². The van der Waals surface area contributed by atoms with Gasteiger partial charge >= 0.3 is 0 Å². The molecule has 1 aliphatic rings. The molecule has 1 unspecified atom stereocenters. The molecule has 2 heterocycles. The molecule has 6 heteroatoms. The van der Waals surface area contributed by atoms with Gasteiger partial charge in [-0.15, -0.1) is 0 Å². The van der Waals surface area contributed by atoms with Crippen LogP contribution in [0, 0.1) is 0 Å². The van der Waals surface area contributed by atoms with E-state index in [1.807, 2.05) is 48.5 Å². The summed E-state index contributed by atoms with van der Waals surface area (Å²) in [4.78, 5) is 12.5. The predicted molar refractivity (Wildman–Crippen MR) is 101 cm³/mol. The van der Waals surface area contributed by atoms with Gasteiger partial charge in [-0.25, -0.2) is 0 Å². The first-order chi connectivity index (χ1) is 13.2. The molecular formula is C21H20N2O4. The van der Waals surface area contributed by atoms with Crippen molar-refractivity contribution in [1.82, 2.24) is 9.78 Å². The Morgan fingerprint density at radius 3 is 2.63 bits per heavy atom. The normalized spacial score (nSPS) is 16.3. The summed E-state index contributed by atoms with van der Waals surface area (Å²) in [6.45, 7) is 0.703. The van der Waals surface area contributed by atoms with Gasteiger partial charge in [-0.1, -0.05) is 24.3 Å². The van der Waals surface area contributed by atoms with Gasteiger partial charge in [-0.3, -0.25) is 4.79 Å².